The first-order chi connectivity index (χ1) is 13.7. The van der Waals surface area contributed by atoms with Crippen molar-refractivity contribution < 1.29 is 14.0 Å². The zero-order valence-electron chi connectivity index (χ0n) is 16.0. The van der Waals surface area contributed by atoms with Crippen molar-refractivity contribution in [3.8, 4) is 0 Å². The van der Waals surface area contributed by atoms with Gasteiger partial charge >= 0.3 is 0 Å². The van der Waals surface area contributed by atoms with Gasteiger partial charge < -0.3 is 14.6 Å². The van der Waals surface area contributed by atoms with E-state index < -0.39 is 0 Å². The minimum absolute atomic E-state index is 0.0256. The molecule has 2 fully saturated rings. The van der Waals surface area contributed by atoms with Crippen LogP contribution in [0.3, 0.4) is 0 Å². The van der Waals surface area contributed by atoms with Crippen LogP contribution in [-0.4, -0.2) is 54.3 Å². The molecule has 2 aliphatic rings. The van der Waals surface area contributed by atoms with Gasteiger partial charge in [-0.1, -0.05) is 0 Å². The van der Waals surface area contributed by atoms with Gasteiger partial charge in [0.1, 0.15) is 5.76 Å². The molecule has 0 radical (unpaired) electrons. The van der Waals surface area contributed by atoms with Gasteiger partial charge in [-0.25, -0.2) is 0 Å². The standard InChI is InChI=1S/C21H27N3O3S/c25-20(16-5-10-24(11-6-16)21(26)17-7-13-28-15-17)22-14-18(19-4-3-12-27-19)23-8-1-2-9-23/h3-4,7,12-13,15-16,18H,1-2,5-6,8-11,14H2,(H,22,25). The molecule has 2 aromatic rings. The molecular weight excluding hydrogens is 374 g/mol. The molecular formula is C21H27N3O3S. The second kappa shape index (κ2) is 8.92. The smallest absolute Gasteiger partial charge is 0.254 e. The zero-order chi connectivity index (χ0) is 19.3. The number of hydrogen-bond donors (Lipinski definition) is 1. The van der Waals surface area contributed by atoms with Gasteiger partial charge in [-0.15, -0.1) is 0 Å². The molecule has 1 unspecified atom stereocenters. The Balaban J connectivity index is 1.28. The van der Waals surface area contributed by atoms with Crippen LogP contribution in [0.4, 0.5) is 0 Å². The van der Waals surface area contributed by atoms with E-state index in [2.05, 4.69) is 10.2 Å². The third-order valence-corrected chi connectivity index (χ3v) is 6.53. The number of nitrogens with zero attached hydrogens (tertiary/aromatic N) is 2. The third kappa shape index (κ3) is 4.31. The summed E-state index contributed by atoms with van der Waals surface area (Å²) >= 11 is 1.53. The van der Waals surface area contributed by atoms with E-state index in [1.54, 1.807) is 6.26 Å². The molecule has 7 heteroatoms. The van der Waals surface area contributed by atoms with E-state index in [0.717, 1.165) is 37.3 Å². The quantitative estimate of drug-likeness (QED) is 0.808. The van der Waals surface area contributed by atoms with E-state index >= 15 is 0 Å². The van der Waals surface area contributed by atoms with Crippen LogP contribution in [0.5, 0.6) is 0 Å². The average molecular weight is 402 g/mol. The Morgan fingerprint density at radius 3 is 2.61 bits per heavy atom. The van der Waals surface area contributed by atoms with E-state index in [9.17, 15) is 9.59 Å². The molecule has 6 nitrogen and oxygen atoms in total. The van der Waals surface area contributed by atoms with Gasteiger partial charge in [-0.2, -0.15) is 11.3 Å². The van der Waals surface area contributed by atoms with E-state index in [0.29, 0.717) is 19.6 Å². The average Bonchev–Trinajstić information content (AvgIpc) is 3.51. The Labute approximate surface area is 169 Å². The summed E-state index contributed by atoms with van der Waals surface area (Å²) in [5, 5.41) is 6.95. The van der Waals surface area contributed by atoms with Crippen LogP contribution in [0.15, 0.2) is 39.6 Å². The maximum atomic E-state index is 12.7. The first kappa shape index (κ1) is 19.2. The van der Waals surface area contributed by atoms with Crippen LogP contribution >= 0.6 is 11.3 Å². The molecule has 2 aromatic heterocycles. The van der Waals surface area contributed by atoms with Crippen molar-refractivity contribution >= 4 is 23.2 Å². The number of furan rings is 1. The van der Waals surface area contributed by atoms with Crippen LogP contribution < -0.4 is 5.32 Å². The highest BCUT2D eigenvalue weighted by atomic mass is 32.1. The number of likely N-dealkylation sites (tertiary alicyclic amines) is 2. The molecule has 0 saturated carbocycles. The fraction of sp³-hybridized carbons (Fsp3) is 0.524. The number of thiophene rings is 1. The Kier molecular flexibility index (Phi) is 6.12. The molecule has 4 rings (SSSR count). The van der Waals surface area contributed by atoms with Gasteiger partial charge in [-0.3, -0.25) is 14.5 Å². The van der Waals surface area contributed by atoms with Crippen LogP contribution in [0.25, 0.3) is 0 Å². The fourth-order valence-electron chi connectivity index (χ4n) is 4.20. The molecule has 4 heterocycles. The largest absolute Gasteiger partial charge is 0.468 e. The van der Waals surface area contributed by atoms with E-state index in [1.807, 2.05) is 33.9 Å². The van der Waals surface area contributed by atoms with Crippen molar-refractivity contribution in [1.82, 2.24) is 15.1 Å². The normalized spacial score (nSPS) is 19.6. The van der Waals surface area contributed by atoms with Crippen molar-refractivity contribution in [3.05, 3.63) is 46.5 Å². The minimum Gasteiger partial charge on any atom is -0.468 e. The highest BCUT2D eigenvalue weighted by molar-refractivity contribution is 7.08. The van der Waals surface area contributed by atoms with Crippen molar-refractivity contribution in [2.24, 2.45) is 5.92 Å². The summed E-state index contributed by atoms with van der Waals surface area (Å²) in [6.45, 7) is 3.94. The summed E-state index contributed by atoms with van der Waals surface area (Å²) in [7, 11) is 0. The number of nitrogens with one attached hydrogen (secondary N) is 1. The second-order valence-electron chi connectivity index (χ2n) is 7.60. The van der Waals surface area contributed by atoms with Crippen LogP contribution in [0.1, 0.15) is 47.8 Å². The Morgan fingerprint density at radius 1 is 1.18 bits per heavy atom. The monoisotopic (exact) mass is 401 g/mol. The lowest BCUT2D eigenvalue weighted by molar-refractivity contribution is -0.126. The first-order valence-electron chi connectivity index (χ1n) is 10.1. The molecule has 1 atom stereocenters. The summed E-state index contributed by atoms with van der Waals surface area (Å²) < 4.78 is 5.63. The van der Waals surface area contributed by atoms with Gasteiger partial charge in [0, 0.05) is 30.9 Å². The summed E-state index contributed by atoms with van der Waals surface area (Å²) in [6, 6.07) is 5.85. The van der Waals surface area contributed by atoms with Crippen molar-refractivity contribution in [2.75, 3.05) is 32.7 Å². The van der Waals surface area contributed by atoms with Crippen LogP contribution in [-0.2, 0) is 4.79 Å². The SMILES string of the molecule is O=C(NCC(c1ccco1)N1CCCC1)C1CCN(C(=O)c2ccsc2)CC1. The lowest BCUT2D eigenvalue weighted by atomic mass is 9.95. The Bertz CT molecular complexity index is 761. The van der Waals surface area contributed by atoms with Crippen molar-refractivity contribution in [3.63, 3.8) is 0 Å². The molecule has 2 aliphatic heterocycles. The summed E-state index contributed by atoms with van der Waals surface area (Å²) in [6.07, 6.45) is 5.53. The topological polar surface area (TPSA) is 65.8 Å². The summed E-state index contributed by atoms with van der Waals surface area (Å²) in [4.78, 5) is 29.4. The number of carbonyl (C=O) groups is 2. The number of carbonyl (C=O) groups excluding carboxylic acids is 2. The van der Waals surface area contributed by atoms with Gasteiger partial charge in [0.25, 0.3) is 5.91 Å². The predicted molar refractivity (Wildman–Crippen MR) is 108 cm³/mol. The third-order valence-electron chi connectivity index (χ3n) is 5.84. The molecule has 2 amide bonds. The molecule has 0 bridgehead atoms. The fourth-order valence-corrected chi connectivity index (χ4v) is 4.83. The number of piperidine rings is 1. The molecule has 0 aromatic carbocycles. The minimum atomic E-state index is -0.0256. The van der Waals surface area contributed by atoms with E-state index in [4.69, 9.17) is 4.42 Å². The highest BCUT2D eigenvalue weighted by Crippen LogP contribution is 2.26. The molecule has 0 aliphatic carbocycles. The number of amides is 2. The van der Waals surface area contributed by atoms with E-state index in [1.165, 1.54) is 24.2 Å². The predicted octanol–water partition coefficient (Wildman–Crippen LogP) is 3.15. The Hall–Kier alpha value is -2.12. The summed E-state index contributed by atoms with van der Waals surface area (Å²) in [5.41, 5.74) is 0.750. The van der Waals surface area contributed by atoms with Gasteiger partial charge in [0.2, 0.25) is 5.91 Å². The molecule has 1 N–H and O–H groups in total. The maximum Gasteiger partial charge on any atom is 0.254 e. The lowest BCUT2D eigenvalue weighted by Crippen LogP contribution is -2.44. The van der Waals surface area contributed by atoms with Crippen LogP contribution in [0, 0.1) is 5.92 Å². The molecule has 2 saturated heterocycles. The molecule has 150 valence electrons. The molecule has 0 spiro atoms. The first-order valence-corrected chi connectivity index (χ1v) is 11.0. The van der Waals surface area contributed by atoms with Crippen molar-refractivity contribution in [1.29, 1.82) is 0 Å². The highest BCUT2D eigenvalue weighted by Gasteiger charge is 2.30. The number of hydrogen-bond acceptors (Lipinski definition) is 5. The molecule has 28 heavy (non-hydrogen) atoms. The second-order valence-corrected chi connectivity index (χ2v) is 8.38. The maximum absolute atomic E-state index is 12.7. The van der Waals surface area contributed by atoms with Crippen LogP contribution in [0.2, 0.25) is 0 Å². The van der Waals surface area contributed by atoms with Crippen molar-refractivity contribution in [2.45, 2.75) is 31.7 Å². The lowest BCUT2D eigenvalue weighted by Gasteiger charge is -2.32. The summed E-state index contributed by atoms with van der Waals surface area (Å²) in [5.74, 6) is 1.06. The zero-order valence-corrected chi connectivity index (χ0v) is 16.8. The van der Waals surface area contributed by atoms with Gasteiger partial charge in [0.05, 0.1) is 17.9 Å². The number of rotatable bonds is 6. The van der Waals surface area contributed by atoms with Gasteiger partial charge in [-0.05, 0) is 62.4 Å². The Morgan fingerprint density at radius 2 is 1.96 bits per heavy atom. The van der Waals surface area contributed by atoms with Gasteiger partial charge in [0.15, 0.2) is 0 Å². The van der Waals surface area contributed by atoms with E-state index in [-0.39, 0.29) is 23.8 Å².